The van der Waals surface area contributed by atoms with Crippen LogP contribution in [-0.2, 0) is 9.59 Å². The van der Waals surface area contributed by atoms with Gasteiger partial charge >= 0.3 is 6.36 Å². The maximum absolute atomic E-state index is 12.4. The Morgan fingerprint density at radius 3 is 2.69 bits per heavy atom. The summed E-state index contributed by atoms with van der Waals surface area (Å²) in [5.41, 5.74) is -0.514. The van der Waals surface area contributed by atoms with E-state index >= 15 is 0 Å². The molecular formula is C15H15F3N4O3S. The first-order valence-electron chi connectivity index (χ1n) is 7.64. The van der Waals surface area contributed by atoms with Crippen LogP contribution in [0.25, 0.3) is 10.2 Å². The third kappa shape index (κ3) is 4.22. The zero-order chi connectivity index (χ0) is 18.9. The van der Waals surface area contributed by atoms with Crippen LogP contribution in [0.15, 0.2) is 18.2 Å². The molecule has 1 heterocycles. The van der Waals surface area contributed by atoms with E-state index in [9.17, 15) is 22.8 Å². The number of halogens is 3. The van der Waals surface area contributed by atoms with Crippen LogP contribution in [0.4, 0.5) is 18.3 Å². The summed E-state index contributed by atoms with van der Waals surface area (Å²) in [4.78, 5) is 28.3. The number of carbonyl (C=O) groups is 2. The number of hydrogen-bond donors (Lipinski definition) is 3. The lowest BCUT2D eigenvalue weighted by atomic mass is 10.2. The fourth-order valence-electron chi connectivity index (χ4n) is 2.38. The summed E-state index contributed by atoms with van der Waals surface area (Å²) in [5.74, 6) is -1.05. The van der Waals surface area contributed by atoms with E-state index in [0.29, 0.717) is 23.1 Å². The molecule has 0 spiro atoms. The van der Waals surface area contributed by atoms with Crippen LogP contribution in [0, 0.1) is 0 Å². The standard InChI is InChI=1S/C15H15F3N4O3S/c1-19-7-11(23)22-14(4-5-14)12(24)21-13-20-9-3-2-8(6-10(9)26-13)25-15(16,17)18/h2-3,6,19H,4-5,7H2,1H3,(H,22,23)(H,20,21,24). The Morgan fingerprint density at radius 2 is 2.08 bits per heavy atom. The quantitative estimate of drug-likeness (QED) is 0.704. The Bertz CT molecular complexity index is 848. The van der Waals surface area contributed by atoms with Gasteiger partial charge in [0.1, 0.15) is 11.3 Å². The number of anilines is 1. The van der Waals surface area contributed by atoms with Crippen LogP contribution < -0.4 is 20.7 Å². The average molecular weight is 388 g/mol. The minimum absolute atomic E-state index is 0.0954. The second-order valence-electron chi connectivity index (χ2n) is 5.81. The number of nitrogens with zero attached hydrogens (tertiary/aromatic N) is 1. The van der Waals surface area contributed by atoms with Crippen LogP contribution in [0.1, 0.15) is 12.8 Å². The topological polar surface area (TPSA) is 92.4 Å². The zero-order valence-corrected chi connectivity index (χ0v) is 14.4. The molecule has 0 radical (unpaired) electrons. The van der Waals surface area contributed by atoms with Crippen molar-refractivity contribution in [2.75, 3.05) is 18.9 Å². The van der Waals surface area contributed by atoms with Crippen molar-refractivity contribution in [2.45, 2.75) is 24.7 Å². The molecule has 26 heavy (non-hydrogen) atoms. The molecule has 7 nitrogen and oxygen atoms in total. The van der Waals surface area contributed by atoms with Gasteiger partial charge in [-0.15, -0.1) is 13.2 Å². The molecule has 1 aliphatic carbocycles. The maximum Gasteiger partial charge on any atom is 0.573 e. The van der Waals surface area contributed by atoms with Crippen LogP contribution in [-0.4, -0.2) is 42.3 Å². The number of nitrogens with one attached hydrogen (secondary N) is 3. The van der Waals surface area contributed by atoms with Crippen molar-refractivity contribution >= 4 is 38.5 Å². The lowest BCUT2D eigenvalue weighted by Crippen LogP contribution is -2.48. The summed E-state index contributed by atoms with van der Waals surface area (Å²) in [6, 6.07) is 3.74. The second-order valence-corrected chi connectivity index (χ2v) is 6.84. The average Bonchev–Trinajstić information content (AvgIpc) is 3.18. The molecule has 1 saturated carbocycles. The summed E-state index contributed by atoms with van der Waals surface area (Å²) >= 11 is 1.02. The molecule has 140 valence electrons. The summed E-state index contributed by atoms with van der Waals surface area (Å²) < 4.78 is 41.2. The largest absolute Gasteiger partial charge is 0.573 e. The maximum atomic E-state index is 12.4. The molecule has 0 atom stereocenters. The van der Waals surface area contributed by atoms with E-state index in [2.05, 4.69) is 25.7 Å². The van der Waals surface area contributed by atoms with Gasteiger partial charge in [0.15, 0.2) is 5.13 Å². The van der Waals surface area contributed by atoms with E-state index < -0.39 is 17.8 Å². The molecule has 2 aromatic rings. The van der Waals surface area contributed by atoms with Crippen molar-refractivity contribution in [1.82, 2.24) is 15.6 Å². The van der Waals surface area contributed by atoms with Gasteiger partial charge in [0, 0.05) is 6.07 Å². The van der Waals surface area contributed by atoms with Crippen molar-refractivity contribution in [3.05, 3.63) is 18.2 Å². The van der Waals surface area contributed by atoms with E-state index in [1.54, 1.807) is 7.05 Å². The van der Waals surface area contributed by atoms with Gasteiger partial charge in [-0.05, 0) is 32.0 Å². The number of likely N-dealkylation sites (N-methyl/N-ethyl adjacent to an activating group) is 1. The van der Waals surface area contributed by atoms with Crippen LogP contribution in [0.3, 0.4) is 0 Å². The van der Waals surface area contributed by atoms with Crippen LogP contribution in [0.2, 0.25) is 0 Å². The minimum atomic E-state index is -4.78. The molecule has 0 aliphatic heterocycles. The number of amides is 2. The van der Waals surface area contributed by atoms with Crippen molar-refractivity contribution in [1.29, 1.82) is 0 Å². The molecule has 2 amide bonds. The molecule has 3 N–H and O–H groups in total. The molecular weight excluding hydrogens is 373 g/mol. The third-order valence-electron chi connectivity index (χ3n) is 3.71. The third-order valence-corrected chi connectivity index (χ3v) is 4.65. The first-order valence-corrected chi connectivity index (χ1v) is 8.46. The number of ether oxygens (including phenoxy) is 1. The number of aromatic nitrogens is 1. The second kappa shape index (κ2) is 6.72. The van der Waals surface area contributed by atoms with Crippen LogP contribution in [0.5, 0.6) is 5.75 Å². The number of carbonyl (C=O) groups excluding carboxylic acids is 2. The minimum Gasteiger partial charge on any atom is -0.406 e. The lowest BCUT2D eigenvalue weighted by Gasteiger charge is -2.16. The van der Waals surface area contributed by atoms with Gasteiger partial charge in [0.25, 0.3) is 5.91 Å². The predicted octanol–water partition coefficient (Wildman–Crippen LogP) is 2.00. The molecule has 1 aromatic heterocycles. The Morgan fingerprint density at radius 1 is 1.35 bits per heavy atom. The van der Waals surface area contributed by atoms with Gasteiger partial charge in [-0.2, -0.15) is 0 Å². The summed E-state index contributed by atoms with van der Waals surface area (Å²) in [6.07, 6.45) is -3.75. The first kappa shape index (κ1) is 18.4. The monoisotopic (exact) mass is 388 g/mol. The molecule has 11 heteroatoms. The number of alkyl halides is 3. The van der Waals surface area contributed by atoms with Gasteiger partial charge in [0.2, 0.25) is 5.91 Å². The predicted molar refractivity (Wildman–Crippen MR) is 89.0 cm³/mol. The highest BCUT2D eigenvalue weighted by molar-refractivity contribution is 7.22. The van der Waals surface area contributed by atoms with Gasteiger partial charge in [-0.1, -0.05) is 11.3 Å². The summed E-state index contributed by atoms with van der Waals surface area (Å²) in [7, 11) is 1.62. The van der Waals surface area contributed by atoms with Crippen LogP contribution >= 0.6 is 11.3 Å². The normalized spacial score (nSPS) is 15.5. The molecule has 1 fully saturated rings. The molecule has 0 unspecified atom stereocenters. The van der Waals surface area contributed by atoms with Gasteiger partial charge in [-0.3, -0.25) is 14.9 Å². The van der Waals surface area contributed by atoms with Gasteiger partial charge in [0.05, 0.1) is 16.8 Å². The van der Waals surface area contributed by atoms with E-state index in [1.807, 2.05) is 0 Å². The fourth-order valence-corrected chi connectivity index (χ4v) is 3.27. The van der Waals surface area contributed by atoms with Crippen molar-refractivity contribution in [3.63, 3.8) is 0 Å². The number of benzene rings is 1. The summed E-state index contributed by atoms with van der Waals surface area (Å²) in [6.45, 7) is 0.0954. The zero-order valence-electron chi connectivity index (χ0n) is 13.6. The van der Waals surface area contributed by atoms with Crippen molar-refractivity contribution in [3.8, 4) is 5.75 Å². The highest BCUT2D eigenvalue weighted by Crippen LogP contribution is 2.38. The van der Waals surface area contributed by atoms with Crippen molar-refractivity contribution < 1.29 is 27.5 Å². The molecule has 0 bridgehead atoms. The number of rotatable bonds is 6. The summed E-state index contributed by atoms with van der Waals surface area (Å²) in [5, 5.41) is 8.23. The number of fused-ring (bicyclic) bond motifs is 1. The Labute approximate surface area is 149 Å². The molecule has 3 rings (SSSR count). The lowest BCUT2D eigenvalue weighted by molar-refractivity contribution is -0.274. The first-order chi connectivity index (χ1) is 12.2. The van der Waals surface area contributed by atoms with Gasteiger partial charge < -0.3 is 15.4 Å². The van der Waals surface area contributed by atoms with E-state index in [1.165, 1.54) is 12.1 Å². The van der Waals surface area contributed by atoms with E-state index in [4.69, 9.17) is 0 Å². The fraction of sp³-hybridized carbons (Fsp3) is 0.400. The highest BCUT2D eigenvalue weighted by atomic mass is 32.1. The Hall–Kier alpha value is -2.40. The smallest absolute Gasteiger partial charge is 0.406 e. The number of thiazole rings is 1. The highest BCUT2D eigenvalue weighted by Gasteiger charge is 2.51. The number of hydrogen-bond acceptors (Lipinski definition) is 6. The molecule has 1 aliphatic rings. The Kier molecular flexibility index (Phi) is 4.76. The Balaban J connectivity index is 1.71. The van der Waals surface area contributed by atoms with E-state index in [0.717, 1.165) is 17.4 Å². The van der Waals surface area contributed by atoms with Crippen molar-refractivity contribution in [2.24, 2.45) is 0 Å². The van der Waals surface area contributed by atoms with Gasteiger partial charge in [-0.25, -0.2) is 4.98 Å². The molecule has 0 saturated heterocycles. The molecule has 1 aromatic carbocycles. The van der Waals surface area contributed by atoms with E-state index in [-0.39, 0.29) is 23.3 Å². The SMILES string of the molecule is CNCC(=O)NC1(C(=O)Nc2nc3ccc(OC(F)(F)F)cc3s2)CC1.